The highest BCUT2D eigenvalue weighted by Gasteiger charge is 2.19. The Balaban J connectivity index is 1.76. The Bertz CT molecular complexity index is 859. The zero-order valence-electron chi connectivity index (χ0n) is 13.0. The first kappa shape index (κ1) is 15.7. The summed E-state index contributed by atoms with van der Waals surface area (Å²) < 4.78 is 21.2. The molecule has 1 aromatic carbocycles. The van der Waals surface area contributed by atoms with Gasteiger partial charge >= 0.3 is 0 Å². The van der Waals surface area contributed by atoms with E-state index in [0.717, 1.165) is 36.5 Å². The molecule has 0 aliphatic carbocycles. The van der Waals surface area contributed by atoms with Gasteiger partial charge < -0.3 is 9.30 Å². The molecule has 1 fully saturated rings. The van der Waals surface area contributed by atoms with Crippen molar-refractivity contribution in [1.82, 2.24) is 4.57 Å². The standard InChI is InChI=1S/C18H17FN2OS2/c19-13-5-7-14(8-6-13)20-18-21(11-15-3-1-9-22-15)16(12-24-18)17-4-2-10-23-17/h2,4-8,10,12,15H,1,3,9,11H2. The third kappa shape index (κ3) is 3.36. The zero-order chi connectivity index (χ0) is 16.4. The average molecular weight is 360 g/mol. The van der Waals surface area contributed by atoms with Gasteiger partial charge in [-0.05, 0) is 48.6 Å². The Hall–Kier alpha value is -1.76. The number of rotatable bonds is 4. The molecular formula is C18H17FN2OS2. The first-order chi connectivity index (χ1) is 11.8. The predicted molar refractivity (Wildman–Crippen MR) is 96.2 cm³/mol. The first-order valence-corrected chi connectivity index (χ1v) is 9.69. The van der Waals surface area contributed by atoms with Gasteiger partial charge in [-0.3, -0.25) is 0 Å². The van der Waals surface area contributed by atoms with Gasteiger partial charge in [0.1, 0.15) is 5.82 Å². The lowest BCUT2D eigenvalue weighted by Gasteiger charge is -2.13. The minimum absolute atomic E-state index is 0.241. The molecule has 0 saturated carbocycles. The number of thiophene rings is 1. The number of hydrogen-bond acceptors (Lipinski definition) is 4. The van der Waals surface area contributed by atoms with E-state index in [2.05, 4.69) is 27.5 Å². The molecule has 24 heavy (non-hydrogen) atoms. The van der Waals surface area contributed by atoms with Gasteiger partial charge in [0.2, 0.25) is 0 Å². The minimum atomic E-state index is -0.244. The number of halogens is 1. The molecule has 1 saturated heterocycles. The number of thiazole rings is 1. The topological polar surface area (TPSA) is 26.5 Å². The van der Waals surface area contributed by atoms with Crippen LogP contribution in [-0.2, 0) is 11.3 Å². The molecule has 0 amide bonds. The van der Waals surface area contributed by atoms with Crippen LogP contribution in [0, 0.1) is 5.82 Å². The Morgan fingerprint density at radius 3 is 2.79 bits per heavy atom. The quantitative estimate of drug-likeness (QED) is 0.655. The fourth-order valence-electron chi connectivity index (χ4n) is 2.84. The van der Waals surface area contributed by atoms with Crippen molar-refractivity contribution in [3.63, 3.8) is 0 Å². The molecule has 1 aliphatic heterocycles. The molecule has 1 atom stereocenters. The van der Waals surface area contributed by atoms with Gasteiger partial charge in [-0.2, -0.15) is 0 Å². The maximum atomic E-state index is 13.1. The molecule has 2 aromatic heterocycles. The van der Waals surface area contributed by atoms with Crippen LogP contribution in [0.3, 0.4) is 0 Å². The van der Waals surface area contributed by atoms with Crippen molar-refractivity contribution in [3.05, 3.63) is 57.8 Å². The second-order valence-electron chi connectivity index (χ2n) is 5.71. The second-order valence-corrected chi connectivity index (χ2v) is 7.50. The van der Waals surface area contributed by atoms with E-state index in [4.69, 9.17) is 9.73 Å². The normalized spacial score (nSPS) is 18.4. The summed E-state index contributed by atoms with van der Waals surface area (Å²) in [5.74, 6) is -0.244. The van der Waals surface area contributed by atoms with Crippen LogP contribution in [0.1, 0.15) is 12.8 Å². The molecule has 3 aromatic rings. The summed E-state index contributed by atoms with van der Waals surface area (Å²) in [4.78, 5) is 6.86. The monoisotopic (exact) mass is 360 g/mol. The highest BCUT2D eigenvalue weighted by Crippen LogP contribution is 2.27. The van der Waals surface area contributed by atoms with E-state index in [0.29, 0.717) is 0 Å². The SMILES string of the molecule is Fc1ccc(N=c2scc(-c3cccs3)n2CC2CCCO2)cc1. The zero-order valence-corrected chi connectivity index (χ0v) is 14.7. The van der Waals surface area contributed by atoms with Crippen LogP contribution in [0.5, 0.6) is 0 Å². The van der Waals surface area contributed by atoms with Crippen LogP contribution in [0.2, 0.25) is 0 Å². The summed E-state index contributed by atoms with van der Waals surface area (Å²) >= 11 is 3.33. The molecule has 0 spiro atoms. The minimum Gasteiger partial charge on any atom is -0.376 e. The van der Waals surface area contributed by atoms with E-state index >= 15 is 0 Å². The molecule has 0 N–H and O–H groups in total. The van der Waals surface area contributed by atoms with Gasteiger partial charge in [0.25, 0.3) is 0 Å². The van der Waals surface area contributed by atoms with Crippen molar-refractivity contribution in [1.29, 1.82) is 0 Å². The fraction of sp³-hybridized carbons (Fsp3) is 0.278. The van der Waals surface area contributed by atoms with Crippen molar-refractivity contribution in [2.75, 3.05) is 6.61 Å². The Labute approximate surface area is 147 Å². The first-order valence-electron chi connectivity index (χ1n) is 7.94. The number of nitrogens with zero attached hydrogens (tertiary/aromatic N) is 2. The number of aromatic nitrogens is 1. The molecule has 3 heterocycles. The van der Waals surface area contributed by atoms with Crippen LogP contribution < -0.4 is 4.80 Å². The molecule has 6 heteroatoms. The highest BCUT2D eigenvalue weighted by atomic mass is 32.1. The summed E-state index contributed by atoms with van der Waals surface area (Å²) in [5.41, 5.74) is 1.93. The van der Waals surface area contributed by atoms with Crippen molar-refractivity contribution in [2.24, 2.45) is 4.99 Å². The summed E-state index contributed by atoms with van der Waals surface area (Å²) in [6, 6.07) is 10.5. The van der Waals surface area contributed by atoms with E-state index in [1.807, 2.05) is 0 Å². The van der Waals surface area contributed by atoms with E-state index < -0.39 is 0 Å². The van der Waals surface area contributed by atoms with Crippen molar-refractivity contribution < 1.29 is 9.13 Å². The van der Waals surface area contributed by atoms with Crippen LogP contribution in [0.25, 0.3) is 10.6 Å². The molecule has 1 unspecified atom stereocenters. The molecule has 3 nitrogen and oxygen atoms in total. The van der Waals surface area contributed by atoms with Gasteiger partial charge in [0.15, 0.2) is 4.80 Å². The van der Waals surface area contributed by atoms with Gasteiger partial charge in [-0.1, -0.05) is 6.07 Å². The van der Waals surface area contributed by atoms with Gasteiger partial charge in [-0.25, -0.2) is 9.38 Å². The average Bonchev–Trinajstić information content (AvgIpc) is 3.33. The van der Waals surface area contributed by atoms with E-state index in [9.17, 15) is 4.39 Å². The predicted octanol–water partition coefficient (Wildman–Crippen LogP) is 4.83. The largest absolute Gasteiger partial charge is 0.376 e. The van der Waals surface area contributed by atoms with Crippen molar-refractivity contribution >= 4 is 28.4 Å². The third-order valence-electron chi connectivity index (χ3n) is 4.03. The number of ether oxygens (including phenoxy) is 1. The Morgan fingerprint density at radius 1 is 1.21 bits per heavy atom. The van der Waals surface area contributed by atoms with Crippen molar-refractivity contribution in [3.8, 4) is 10.6 Å². The van der Waals surface area contributed by atoms with E-state index in [1.54, 1.807) is 34.8 Å². The van der Waals surface area contributed by atoms with Crippen LogP contribution >= 0.6 is 22.7 Å². The molecule has 124 valence electrons. The second kappa shape index (κ2) is 7.01. The van der Waals surface area contributed by atoms with Crippen LogP contribution in [0.15, 0.2) is 52.2 Å². The highest BCUT2D eigenvalue weighted by molar-refractivity contribution is 7.14. The van der Waals surface area contributed by atoms with Crippen molar-refractivity contribution in [2.45, 2.75) is 25.5 Å². The lowest BCUT2D eigenvalue weighted by Crippen LogP contribution is -2.23. The molecule has 0 bridgehead atoms. The summed E-state index contributed by atoms with van der Waals surface area (Å²) in [7, 11) is 0. The maximum absolute atomic E-state index is 13.1. The fourth-order valence-corrected chi connectivity index (χ4v) is 4.59. The third-order valence-corrected chi connectivity index (χ3v) is 5.79. The summed E-state index contributed by atoms with van der Waals surface area (Å²) in [5, 5.41) is 4.23. The molecule has 4 rings (SSSR count). The molecule has 1 aliphatic rings. The number of benzene rings is 1. The van der Waals surface area contributed by atoms with E-state index in [-0.39, 0.29) is 11.9 Å². The Morgan fingerprint density at radius 2 is 2.08 bits per heavy atom. The van der Waals surface area contributed by atoms with Gasteiger partial charge in [-0.15, -0.1) is 22.7 Å². The van der Waals surface area contributed by atoms with E-state index in [1.165, 1.54) is 22.7 Å². The molecule has 0 radical (unpaired) electrons. The summed E-state index contributed by atoms with van der Waals surface area (Å²) in [6.07, 6.45) is 2.45. The lowest BCUT2D eigenvalue weighted by atomic mass is 10.2. The molecular weight excluding hydrogens is 343 g/mol. The van der Waals surface area contributed by atoms with Gasteiger partial charge in [0, 0.05) is 12.0 Å². The maximum Gasteiger partial charge on any atom is 0.190 e. The van der Waals surface area contributed by atoms with Crippen LogP contribution in [0.4, 0.5) is 10.1 Å². The lowest BCUT2D eigenvalue weighted by molar-refractivity contribution is 0.0968. The van der Waals surface area contributed by atoms with Gasteiger partial charge in [0.05, 0.1) is 28.9 Å². The summed E-state index contributed by atoms with van der Waals surface area (Å²) in [6.45, 7) is 1.64. The van der Waals surface area contributed by atoms with Crippen LogP contribution in [-0.4, -0.2) is 17.3 Å². The Kier molecular flexibility index (Phi) is 4.60. The smallest absolute Gasteiger partial charge is 0.190 e. The number of hydrogen-bond donors (Lipinski definition) is 0.